The summed E-state index contributed by atoms with van der Waals surface area (Å²) in [6.45, 7) is 1.75. The molecule has 1 fully saturated rings. The fourth-order valence-electron chi connectivity index (χ4n) is 2.71. The second kappa shape index (κ2) is 5.44. The van der Waals surface area contributed by atoms with Crippen LogP contribution in [-0.4, -0.2) is 20.5 Å². The molecule has 0 bridgehead atoms. The molecule has 5 nitrogen and oxygen atoms in total. The highest BCUT2D eigenvalue weighted by Gasteiger charge is 2.26. The zero-order valence-electron chi connectivity index (χ0n) is 11.8. The Bertz CT molecular complexity index is 632. The van der Waals surface area contributed by atoms with Gasteiger partial charge in [0.2, 0.25) is 10.0 Å². The van der Waals surface area contributed by atoms with Gasteiger partial charge in [-0.15, -0.1) is 0 Å². The van der Waals surface area contributed by atoms with Crippen LogP contribution in [0.25, 0.3) is 0 Å². The van der Waals surface area contributed by atoms with Crippen LogP contribution in [0.5, 0.6) is 0 Å². The lowest BCUT2D eigenvalue weighted by Crippen LogP contribution is -2.16. The van der Waals surface area contributed by atoms with Crippen molar-refractivity contribution in [3.05, 3.63) is 23.3 Å². The Kier molecular flexibility index (Phi) is 4.04. The molecular formula is C14H20N2O3S. The first-order valence-corrected chi connectivity index (χ1v) is 8.59. The lowest BCUT2D eigenvalue weighted by molar-refractivity contribution is 0.0922. The summed E-state index contributed by atoms with van der Waals surface area (Å²) in [6, 6.07) is 3.19. The molecule has 110 valence electrons. The lowest BCUT2D eigenvalue weighted by atomic mass is 9.92. The van der Waals surface area contributed by atoms with Crippen molar-refractivity contribution in [2.75, 3.05) is 16.7 Å². The van der Waals surface area contributed by atoms with E-state index in [-0.39, 0.29) is 11.7 Å². The van der Waals surface area contributed by atoms with E-state index in [9.17, 15) is 13.2 Å². The largest absolute Gasteiger partial charge is 0.399 e. The number of carbonyl (C=O) groups excluding carboxylic acids is 1. The topological polar surface area (TPSA) is 89.3 Å². The third-order valence-corrected chi connectivity index (χ3v) is 4.31. The Balaban J connectivity index is 2.40. The Morgan fingerprint density at radius 2 is 1.90 bits per heavy atom. The van der Waals surface area contributed by atoms with Gasteiger partial charge < -0.3 is 5.73 Å². The van der Waals surface area contributed by atoms with E-state index in [0.717, 1.165) is 31.9 Å². The number of benzene rings is 1. The number of ketones is 1. The zero-order chi connectivity index (χ0) is 14.9. The molecule has 0 heterocycles. The minimum Gasteiger partial charge on any atom is -0.399 e. The molecule has 1 aromatic carbocycles. The Morgan fingerprint density at radius 3 is 2.45 bits per heavy atom. The monoisotopic (exact) mass is 296 g/mol. The van der Waals surface area contributed by atoms with Crippen molar-refractivity contribution < 1.29 is 13.2 Å². The van der Waals surface area contributed by atoms with Gasteiger partial charge >= 0.3 is 0 Å². The van der Waals surface area contributed by atoms with Crippen LogP contribution in [0, 0.1) is 12.8 Å². The summed E-state index contributed by atoms with van der Waals surface area (Å²) in [5.41, 5.74) is 7.74. The van der Waals surface area contributed by atoms with Crippen LogP contribution in [0.15, 0.2) is 12.1 Å². The summed E-state index contributed by atoms with van der Waals surface area (Å²) in [5.74, 6) is 0.116. The van der Waals surface area contributed by atoms with Gasteiger partial charge in [-0.1, -0.05) is 12.8 Å². The molecule has 1 aromatic rings. The highest BCUT2D eigenvalue weighted by Crippen LogP contribution is 2.32. The first-order chi connectivity index (χ1) is 9.28. The molecule has 0 atom stereocenters. The fraction of sp³-hybridized carbons (Fsp3) is 0.500. The number of sulfonamides is 1. The SMILES string of the molecule is Cc1c(NS(C)(=O)=O)cc(N)cc1C(=O)C1CCCC1. The van der Waals surface area contributed by atoms with E-state index in [1.54, 1.807) is 19.1 Å². The van der Waals surface area contributed by atoms with Gasteiger partial charge in [-0.05, 0) is 37.5 Å². The normalized spacial score (nSPS) is 16.3. The summed E-state index contributed by atoms with van der Waals surface area (Å²) < 4.78 is 25.1. The first kappa shape index (κ1) is 14.8. The molecule has 20 heavy (non-hydrogen) atoms. The lowest BCUT2D eigenvalue weighted by Gasteiger charge is -2.15. The molecular weight excluding hydrogens is 276 g/mol. The van der Waals surface area contributed by atoms with Crippen LogP contribution in [0.4, 0.5) is 11.4 Å². The molecule has 0 radical (unpaired) electrons. The summed E-state index contributed by atoms with van der Waals surface area (Å²) >= 11 is 0. The molecule has 1 aliphatic rings. The molecule has 0 spiro atoms. The predicted molar refractivity (Wildman–Crippen MR) is 80.3 cm³/mol. The average molecular weight is 296 g/mol. The van der Waals surface area contributed by atoms with Crippen LogP contribution in [-0.2, 0) is 10.0 Å². The van der Waals surface area contributed by atoms with Crippen LogP contribution < -0.4 is 10.5 Å². The van der Waals surface area contributed by atoms with Gasteiger partial charge in [0, 0.05) is 17.2 Å². The maximum Gasteiger partial charge on any atom is 0.229 e. The van der Waals surface area contributed by atoms with Crippen LogP contribution >= 0.6 is 0 Å². The van der Waals surface area contributed by atoms with Gasteiger partial charge in [0.05, 0.1) is 11.9 Å². The number of hydrogen-bond donors (Lipinski definition) is 2. The van der Waals surface area contributed by atoms with E-state index in [4.69, 9.17) is 5.73 Å². The molecule has 1 aliphatic carbocycles. The van der Waals surface area contributed by atoms with Crippen molar-refractivity contribution in [2.45, 2.75) is 32.6 Å². The number of nitrogen functional groups attached to an aromatic ring is 1. The number of rotatable bonds is 4. The standard InChI is InChI=1S/C14H20N2O3S/c1-9-12(14(17)10-5-3-4-6-10)7-11(15)8-13(9)16-20(2,18)19/h7-8,10,16H,3-6,15H2,1-2H3. The molecule has 0 amide bonds. The molecule has 2 rings (SSSR count). The number of nitrogens with two attached hydrogens (primary N) is 1. The van der Waals surface area contributed by atoms with Crippen LogP contribution in [0.2, 0.25) is 0 Å². The van der Waals surface area contributed by atoms with E-state index < -0.39 is 10.0 Å². The number of anilines is 2. The maximum atomic E-state index is 12.5. The number of carbonyl (C=O) groups is 1. The highest BCUT2D eigenvalue weighted by molar-refractivity contribution is 7.92. The van der Waals surface area contributed by atoms with Crippen molar-refractivity contribution >= 4 is 27.2 Å². The Hall–Kier alpha value is -1.56. The minimum atomic E-state index is -3.39. The van der Waals surface area contributed by atoms with Crippen LogP contribution in [0.1, 0.15) is 41.6 Å². The summed E-state index contributed by atoms with van der Waals surface area (Å²) in [6.07, 6.45) is 5.04. The van der Waals surface area contributed by atoms with Gasteiger partial charge in [0.15, 0.2) is 5.78 Å². The average Bonchev–Trinajstić information content (AvgIpc) is 2.84. The van der Waals surface area contributed by atoms with E-state index >= 15 is 0 Å². The van der Waals surface area contributed by atoms with Gasteiger partial charge in [0.1, 0.15) is 0 Å². The number of Topliss-reactive ketones (excluding diaryl/α,β-unsaturated/α-hetero) is 1. The van der Waals surface area contributed by atoms with Gasteiger partial charge in [-0.25, -0.2) is 8.42 Å². The van der Waals surface area contributed by atoms with Gasteiger partial charge in [-0.3, -0.25) is 9.52 Å². The number of hydrogen-bond acceptors (Lipinski definition) is 4. The van der Waals surface area contributed by atoms with E-state index in [1.165, 1.54) is 0 Å². The summed E-state index contributed by atoms with van der Waals surface area (Å²) in [7, 11) is -3.39. The molecule has 3 N–H and O–H groups in total. The van der Waals surface area contributed by atoms with E-state index in [0.29, 0.717) is 22.5 Å². The third kappa shape index (κ3) is 3.30. The van der Waals surface area contributed by atoms with Crippen molar-refractivity contribution in [1.29, 1.82) is 0 Å². The molecule has 0 saturated heterocycles. The van der Waals surface area contributed by atoms with Crippen molar-refractivity contribution in [3.8, 4) is 0 Å². The quantitative estimate of drug-likeness (QED) is 0.659. The fourth-order valence-corrected chi connectivity index (χ4v) is 3.32. The Labute approximate surface area is 119 Å². The highest BCUT2D eigenvalue weighted by atomic mass is 32.2. The summed E-state index contributed by atoms with van der Waals surface area (Å²) in [4.78, 5) is 12.5. The van der Waals surface area contributed by atoms with Crippen molar-refractivity contribution in [3.63, 3.8) is 0 Å². The molecule has 1 saturated carbocycles. The van der Waals surface area contributed by atoms with E-state index in [1.807, 2.05) is 0 Å². The molecule has 0 unspecified atom stereocenters. The van der Waals surface area contributed by atoms with Gasteiger partial charge in [0.25, 0.3) is 0 Å². The predicted octanol–water partition coefficient (Wildman–Crippen LogP) is 2.32. The summed E-state index contributed by atoms with van der Waals surface area (Å²) in [5, 5.41) is 0. The second-order valence-electron chi connectivity index (χ2n) is 5.46. The zero-order valence-corrected chi connectivity index (χ0v) is 12.6. The van der Waals surface area contributed by atoms with Crippen molar-refractivity contribution in [1.82, 2.24) is 0 Å². The molecule has 6 heteroatoms. The number of nitrogens with one attached hydrogen (secondary N) is 1. The molecule has 0 aliphatic heterocycles. The maximum absolute atomic E-state index is 12.5. The second-order valence-corrected chi connectivity index (χ2v) is 7.21. The third-order valence-electron chi connectivity index (χ3n) is 3.72. The first-order valence-electron chi connectivity index (χ1n) is 6.70. The van der Waals surface area contributed by atoms with Gasteiger partial charge in [-0.2, -0.15) is 0 Å². The molecule has 0 aromatic heterocycles. The smallest absolute Gasteiger partial charge is 0.229 e. The van der Waals surface area contributed by atoms with Crippen molar-refractivity contribution in [2.24, 2.45) is 5.92 Å². The van der Waals surface area contributed by atoms with E-state index in [2.05, 4.69) is 4.72 Å². The minimum absolute atomic E-state index is 0.0431. The van der Waals surface area contributed by atoms with Crippen LogP contribution in [0.3, 0.4) is 0 Å². The Morgan fingerprint density at radius 1 is 1.30 bits per heavy atom.